The van der Waals surface area contributed by atoms with E-state index >= 15 is 0 Å². The van der Waals surface area contributed by atoms with Crippen LogP contribution in [0, 0.1) is 0 Å². The molecule has 0 bridgehead atoms. The SMILES string of the molecule is CSc1ccccc1NC(=O)C(C)N1CCN(CCc2ccccc2)CC1. The molecule has 0 aromatic heterocycles. The zero-order valence-corrected chi connectivity index (χ0v) is 17.0. The summed E-state index contributed by atoms with van der Waals surface area (Å²) < 4.78 is 0. The Kier molecular flexibility index (Phi) is 7.33. The Morgan fingerprint density at radius 2 is 1.70 bits per heavy atom. The van der Waals surface area contributed by atoms with Gasteiger partial charge in [-0.25, -0.2) is 0 Å². The number of nitrogens with one attached hydrogen (secondary N) is 1. The highest BCUT2D eigenvalue weighted by atomic mass is 32.2. The molecule has 1 heterocycles. The van der Waals surface area contributed by atoms with E-state index in [2.05, 4.69) is 45.4 Å². The van der Waals surface area contributed by atoms with Crippen molar-refractivity contribution in [3.63, 3.8) is 0 Å². The monoisotopic (exact) mass is 383 g/mol. The molecule has 1 saturated heterocycles. The van der Waals surface area contributed by atoms with Crippen LogP contribution in [-0.2, 0) is 11.2 Å². The van der Waals surface area contributed by atoms with Crippen molar-refractivity contribution >= 4 is 23.4 Å². The van der Waals surface area contributed by atoms with Crippen molar-refractivity contribution in [2.24, 2.45) is 0 Å². The summed E-state index contributed by atoms with van der Waals surface area (Å²) in [7, 11) is 0. The van der Waals surface area contributed by atoms with Crippen molar-refractivity contribution in [2.75, 3.05) is 44.3 Å². The molecule has 27 heavy (non-hydrogen) atoms. The molecule has 2 aromatic carbocycles. The normalized spacial score (nSPS) is 16.8. The van der Waals surface area contributed by atoms with Crippen LogP contribution in [0.5, 0.6) is 0 Å². The molecule has 144 valence electrons. The third-order valence-corrected chi connectivity index (χ3v) is 6.05. The van der Waals surface area contributed by atoms with Crippen LogP contribution in [0.15, 0.2) is 59.5 Å². The van der Waals surface area contributed by atoms with Gasteiger partial charge in [-0.15, -0.1) is 11.8 Å². The van der Waals surface area contributed by atoms with Crippen LogP contribution in [0.25, 0.3) is 0 Å². The van der Waals surface area contributed by atoms with Gasteiger partial charge in [0.1, 0.15) is 0 Å². The second kappa shape index (κ2) is 9.93. The molecule has 1 atom stereocenters. The molecule has 1 aliphatic heterocycles. The Labute approximate surface area is 166 Å². The molecular weight excluding hydrogens is 354 g/mol. The van der Waals surface area contributed by atoms with E-state index < -0.39 is 0 Å². The van der Waals surface area contributed by atoms with Crippen molar-refractivity contribution in [3.8, 4) is 0 Å². The van der Waals surface area contributed by atoms with E-state index in [1.807, 2.05) is 37.4 Å². The summed E-state index contributed by atoms with van der Waals surface area (Å²) in [5.41, 5.74) is 2.29. The second-order valence-electron chi connectivity index (χ2n) is 6.98. The molecular formula is C22H29N3OS. The first-order chi connectivity index (χ1) is 13.2. The van der Waals surface area contributed by atoms with E-state index in [1.165, 1.54) is 5.56 Å². The summed E-state index contributed by atoms with van der Waals surface area (Å²) in [5, 5.41) is 3.10. The van der Waals surface area contributed by atoms with Crippen molar-refractivity contribution in [1.82, 2.24) is 9.80 Å². The molecule has 1 unspecified atom stereocenters. The first kappa shape index (κ1) is 19.9. The van der Waals surface area contributed by atoms with Gasteiger partial charge in [-0.2, -0.15) is 0 Å². The fourth-order valence-electron chi connectivity index (χ4n) is 3.46. The third-order valence-electron chi connectivity index (χ3n) is 5.26. The van der Waals surface area contributed by atoms with E-state index in [4.69, 9.17) is 0 Å². The van der Waals surface area contributed by atoms with Gasteiger partial charge >= 0.3 is 0 Å². The lowest BCUT2D eigenvalue weighted by Crippen LogP contribution is -2.53. The smallest absolute Gasteiger partial charge is 0.241 e. The van der Waals surface area contributed by atoms with Gasteiger partial charge in [0.15, 0.2) is 0 Å². The van der Waals surface area contributed by atoms with E-state index in [0.29, 0.717) is 0 Å². The van der Waals surface area contributed by atoms with Gasteiger partial charge in [-0.05, 0) is 37.3 Å². The summed E-state index contributed by atoms with van der Waals surface area (Å²) in [4.78, 5) is 18.6. The van der Waals surface area contributed by atoms with Crippen LogP contribution in [-0.4, -0.2) is 60.7 Å². The third kappa shape index (κ3) is 5.58. The molecule has 5 heteroatoms. The molecule has 1 N–H and O–H groups in total. The lowest BCUT2D eigenvalue weighted by Gasteiger charge is -2.37. The molecule has 0 spiro atoms. The molecule has 4 nitrogen and oxygen atoms in total. The maximum Gasteiger partial charge on any atom is 0.241 e. The van der Waals surface area contributed by atoms with E-state index in [9.17, 15) is 4.79 Å². The fourth-order valence-corrected chi connectivity index (χ4v) is 4.01. The zero-order valence-electron chi connectivity index (χ0n) is 16.2. The lowest BCUT2D eigenvalue weighted by molar-refractivity contribution is -0.121. The molecule has 0 saturated carbocycles. The maximum atomic E-state index is 12.7. The number of rotatable bonds is 7. The summed E-state index contributed by atoms with van der Waals surface area (Å²) in [6, 6.07) is 18.5. The zero-order chi connectivity index (χ0) is 19.1. The molecule has 0 radical (unpaired) electrons. The van der Waals surface area contributed by atoms with Crippen LogP contribution < -0.4 is 5.32 Å². The predicted molar refractivity (Wildman–Crippen MR) is 114 cm³/mol. The Hall–Kier alpha value is -1.82. The van der Waals surface area contributed by atoms with Gasteiger partial charge in [0.25, 0.3) is 0 Å². The standard InChI is InChI=1S/C22H29N3OS/c1-18(22(26)23-20-10-6-7-11-21(20)27-2)25-16-14-24(15-17-25)13-12-19-8-4-3-5-9-19/h3-11,18H,12-17H2,1-2H3,(H,23,26). The minimum Gasteiger partial charge on any atom is -0.324 e. The number of anilines is 1. The number of nitrogens with zero attached hydrogens (tertiary/aromatic N) is 2. The Morgan fingerprint density at radius 3 is 2.41 bits per heavy atom. The van der Waals surface area contributed by atoms with E-state index in [-0.39, 0.29) is 11.9 Å². The van der Waals surface area contributed by atoms with Crippen molar-refractivity contribution in [3.05, 3.63) is 60.2 Å². The van der Waals surface area contributed by atoms with E-state index in [1.54, 1.807) is 11.8 Å². The predicted octanol–water partition coefficient (Wildman–Crippen LogP) is 3.60. The van der Waals surface area contributed by atoms with Crippen LogP contribution in [0.2, 0.25) is 0 Å². The largest absolute Gasteiger partial charge is 0.324 e. The van der Waals surface area contributed by atoms with Gasteiger partial charge in [0, 0.05) is 37.6 Å². The van der Waals surface area contributed by atoms with Gasteiger partial charge < -0.3 is 10.2 Å². The number of carbonyl (C=O) groups excluding carboxylic acids is 1. The summed E-state index contributed by atoms with van der Waals surface area (Å²) in [6.07, 6.45) is 3.12. The van der Waals surface area contributed by atoms with Crippen LogP contribution >= 0.6 is 11.8 Å². The first-order valence-corrected chi connectivity index (χ1v) is 10.8. The topological polar surface area (TPSA) is 35.6 Å². The number of hydrogen-bond donors (Lipinski definition) is 1. The number of carbonyl (C=O) groups is 1. The molecule has 3 rings (SSSR count). The minimum atomic E-state index is -0.115. The van der Waals surface area contributed by atoms with Gasteiger partial charge in [0.05, 0.1) is 11.7 Å². The summed E-state index contributed by atoms with van der Waals surface area (Å²) >= 11 is 1.65. The average molecular weight is 384 g/mol. The second-order valence-corrected chi connectivity index (χ2v) is 7.83. The molecule has 2 aromatic rings. The number of piperazine rings is 1. The van der Waals surface area contributed by atoms with Gasteiger partial charge in [-0.1, -0.05) is 42.5 Å². The average Bonchev–Trinajstić information content (AvgIpc) is 2.73. The Morgan fingerprint density at radius 1 is 1.04 bits per heavy atom. The minimum absolute atomic E-state index is 0.0780. The Balaban J connectivity index is 1.46. The van der Waals surface area contributed by atoms with E-state index in [0.717, 1.165) is 49.7 Å². The summed E-state index contributed by atoms with van der Waals surface area (Å²) in [6.45, 7) is 7.01. The quantitative estimate of drug-likeness (QED) is 0.741. The van der Waals surface area contributed by atoms with Crippen LogP contribution in [0.4, 0.5) is 5.69 Å². The molecule has 1 fully saturated rings. The molecule has 1 aliphatic rings. The maximum absolute atomic E-state index is 12.7. The first-order valence-electron chi connectivity index (χ1n) is 9.61. The van der Waals surface area contributed by atoms with Crippen molar-refractivity contribution < 1.29 is 4.79 Å². The highest BCUT2D eigenvalue weighted by Gasteiger charge is 2.25. The molecule has 0 aliphatic carbocycles. The fraction of sp³-hybridized carbons (Fsp3) is 0.409. The van der Waals surface area contributed by atoms with Crippen molar-refractivity contribution in [2.45, 2.75) is 24.3 Å². The molecule has 1 amide bonds. The lowest BCUT2D eigenvalue weighted by atomic mass is 10.1. The van der Waals surface area contributed by atoms with Crippen molar-refractivity contribution in [1.29, 1.82) is 0 Å². The number of thioether (sulfide) groups is 1. The summed E-state index contributed by atoms with van der Waals surface area (Å²) in [5.74, 6) is 0.0780. The number of para-hydroxylation sites is 1. The number of benzene rings is 2. The highest BCUT2D eigenvalue weighted by molar-refractivity contribution is 7.98. The highest BCUT2D eigenvalue weighted by Crippen LogP contribution is 2.25. The van der Waals surface area contributed by atoms with Crippen LogP contribution in [0.3, 0.4) is 0 Å². The van der Waals surface area contributed by atoms with Crippen LogP contribution in [0.1, 0.15) is 12.5 Å². The number of amides is 1. The number of hydrogen-bond acceptors (Lipinski definition) is 4. The van der Waals surface area contributed by atoms with Gasteiger partial charge in [0.2, 0.25) is 5.91 Å². The van der Waals surface area contributed by atoms with Gasteiger partial charge in [-0.3, -0.25) is 9.69 Å². The Bertz CT molecular complexity index is 729.